The second-order valence-corrected chi connectivity index (χ2v) is 2.94. The third-order valence-corrected chi connectivity index (χ3v) is 1.65. The molecule has 0 spiro atoms. The summed E-state index contributed by atoms with van der Waals surface area (Å²) >= 11 is 0. The van der Waals surface area contributed by atoms with Crippen molar-refractivity contribution in [3.8, 4) is 0 Å². The number of hydrogen-bond acceptors (Lipinski definition) is 3. The molecule has 12 heavy (non-hydrogen) atoms. The van der Waals surface area contributed by atoms with Crippen LogP contribution in [0.2, 0.25) is 0 Å². The third-order valence-electron chi connectivity index (χ3n) is 1.65. The smallest absolute Gasteiger partial charge is 0.144 e. The van der Waals surface area contributed by atoms with Crippen LogP contribution in [0.5, 0.6) is 0 Å². The average molecular weight is 165 g/mol. The summed E-state index contributed by atoms with van der Waals surface area (Å²) in [5, 5.41) is 0. The van der Waals surface area contributed by atoms with E-state index in [9.17, 15) is 0 Å². The Balaban J connectivity index is 2.81. The van der Waals surface area contributed by atoms with Gasteiger partial charge in [0.05, 0.1) is 6.04 Å². The van der Waals surface area contributed by atoms with Gasteiger partial charge in [-0.25, -0.2) is 9.97 Å². The largest absolute Gasteiger partial charge is 0.322 e. The minimum absolute atomic E-state index is 0.0678. The van der Waals surface area contributed by atoms with Gasteiger partial charge in [-0.2, -0.15) is 0 Å². The van der Waals surface area contributed by atoms with E-state index in [4.69, 9.17) is 5.73 Å². The van der Waals surface area contributed by atoms with E-state index in [1.165, 1.54) is 0 Å². The lowest BCUT2D eigenvalue weighted by Crippen LogP contribution is -2.10. The Morgan fingerprint density at radius 3 is 2.92 bits per heavy atom. The van der Waals surface area contributed by atoms with E-state index >= 15 is 0 Å². The molecule has 1 heterocycles. The average Bonchev–Trinajstić information content (AvgIpc) is 2.05. The number of nitrogens with two attached hydrogens (primary N) is 1. The van der Waals surface area contributed by atoms with Crippen molar-refractivity contribution in [1.82, 2.24) is 9.97 Å². The lowest BCUT2D eigenvalue weighted by atomic mass is 10.2. The normalized spacial score (nSPS) is 12.9. The molecule has 1 atom stereocenters. The van der Waals surface area contributed by atoms with Gasteiger partial charge in [0.2, 0.25) is 0 Å². The molecule has 0 bridgehead atoms. The summed E-state index contributed by atoms with van der Waals surface area (Å²) in [5.41, 5.74) is 6.74. The highest BCUT2D eigenvalue weighted by atomic mass is 14.9. The number of aryl methyl sites for hydroxylation is 1. The molecule has 0 fully saturated rings. The van der Waals surface area contributed by atoms with Crippen molar-refractivity contribution in [2.24, 2.45) is 5.73 Å². The van der Waals surface area contributed by atoms with Crippen molar-refractivity contribution in [3.63, 3.8) is 0 Å². The van der Waals surface area contributed by atoms with Crippen LogP contribution < -0.4 is 5.73 Å². The van der Waals surface area contributed by atoms with Crippen LogP contribution in [-0.4, -0.2) is 9.97 Å². The zero-order chi connectivity index (χ0) is 8.97. The van der Waals surface area contributed by atoms with Crippen LogP contribution >= 0.6 is 0 Å². The zero-order valence-electron chi connectivity index (χ0n) is 7.62. The highest BCUT2D eigenvalue weighted by Gasteiger charge is 2.02. The summed E-state index contributed by atoms with van der Waals surface area (Å²) in [4.78, 5) is 8.41. The Kier molecular flexibility index (Phi) is 3.17. The third kappa shape index (κ3) is 2.27. The number of aromatic nitrogens is 2. The minimum Gasteiger partial charge on any atom is -0.322 e. The van der Waals surface area contributed by atoms with Crippen molar-refractivity contribution in [2.45, 2.75) is 32.7 Å². The van der Waals surface area contributed by atoms with E-state index in [1.807, 2.05) is 13.0 Å². The summed E-state index contributed by atoms with van der Waals surface area (Å²) in [6, 6.07) is 1.87. The van der Waals surface area contributed by atoms with Gasteiger partial charge in [-0.05, 0) is 19.4 Å². The first-order valence-corrected chi connectivity index (χ1v) is 4.31. The summed E-state index contributed by atoms with van der Waals surface area (Å²) in [6.07, 6.45) is 3.88. The summed E-state index contributed by atoms with van der Waals surface area (Å²) in [5.74, 6) is 0.737. The van der Waals surface area contributed by atoms with Gasteiger partial charge in [-0.3, -0.25) is 0 Å². The standard InChI is InChI=1S/C9H15N3/c1-3-4-8-5-6-11-9(12-8)7(2)10/h5-7H,3-4,10H2,1-2H3. The molecule has 0 aromatic carbocycles. The first-order chi connectivity index (χ1) is 5.74. The zero-order valence-corrected chi connectivity index (χ0v) is 7.62. The van der Waals surface area contributed by atoms with Gasteiger partial charge >= 0.3 is 0 Å². The van der Waals surface area contributed by atoms with Gasteiger partial charge in [0, 0.05) is 11.9 Å². The molecule has 1 aromatic rings. The molecule has 0 radical (unpaired) electrons. The molecule has 1 rings (SSSR count). The molecule has 2 N–H and O–H groups in total. The van der Waals surface area contributed by atoms with Crippen molar-refractivity contribution < 1.29 is 0 Å². The molecule has 0 saturated carbocycles. The maximum Gasteiger partial charge on any atom is 0.144 e. The van der Waals surface area contributed by atoms with Gasteiger partial charge in [0.1, 0.15) is 5.82 Å². The summed E-state index contributed by atoms with van der Waals surface area (Å²) in [6.45, 7) is 4.03. The number of hydrogen-bond donors (Lipinski definition) is 1. The van der Waals surface area contributed by atoms with Crippen LogP contribution in [0.3, 0.4) is 0 Å². The van der Waals surface area contributed by atoms with Crippen LogP contribution in [0.4, 0.5) is 0 Å². The lowest BCUT2D eigenvalue weighted by molar-refractivity contribution is 0.720. The van der Waals surface area contributed by atoms with E-state index in [2.05, 4.69) is 16.9 Å². The Morgan fingerprint density at radius 2 is 2.33 bits per heavy atom. The van der Waals surface area contributed by atoms with Crippen molar-refractivity contribution in [3.05, 3.63) is 23.8 Å². The van der Waals surface area contributed by atoms with Gasteiger partial charge in [0.25, 0.3) is 0 Å². The van der Waals surface area contributed by atoms with E-state index in [-0.39, 0.29) is 6.04 Å². The van der Waals surface area contributed by atoms with E-state index in [0.29, 0.717) is 0 Å². The monoisotopic (exact) mass is 165 g/mol. The van der Waals surface area contributed by atoms with E-state index < -0.39 is 0 Å². The molecule has 1 aromatic heterocycles. The Hall–Kier alpha value is -0.960. The van der Waals surface area contributed by atoms with Crippen molar-refractivity contribution >= 4 is 0 Å². The summed E-state index contributed by atoms with van der Waals surface area (Å²) in [7, 11) is 0. The molecule has 0 aliphatic heterocycles. The molecule has 3 nitrogen and oxygen atoms in total. The quantitative estimate of drug-likeness (QED) is 0.737. The minimum atomic E-state index is -0.0678. The second kappa shape index (κ2) is 4.16. The second-order valence-electron chi connectivity index (χ2n) is 2.94. The van der Waals surface area contributed by atoms with Gasteiger partial charge < -0.3 is 5.73 Å². The van der Waals surface area contributed by atoms with Crippen LogP contribution in [0.25, 0.3) is 0 Å². The van der Waals surface area contributed by atoms with Crippen LogP contribution in [0, 0.1) is 0 Å². The predicted octanol–water partition coefficient (Wildman–Crippen LogP) is 1.45. The SMILES string of the molecule is CCCc1ccnc(C(C)N)n1. The van der Waals surface area contributed by atoms with Crippen LogP contribution in [0.15, 0.2) is 12.3 Å². The fraction of sp³-hybridized carbons (Fsp3) is 0.556. The highest BCUT2D eigenvalue weighted by Crippen LogP contribution is 2.04. The Morgan fingerprint density at radius 1 is 1.58 bits per heavy atom. The first-order valence-electron chi connectivity index (χ1n) is 4.31. The molecular weight excluding hydrogens is 150 g/mol. The lowest BCUT2D eigenvalue weighted by Gasteiger charge is -2.04. The number of rotatable bonds is 3. The summed E-state index contributed by atoms with van der Waals surface area (Å²) < 4.78 is 0. The van der Waals surface area contributed by atoms with Gasteiger partial charge in [0.15, 0.2) is 0 Å². The predicted molar refractivity (Wildman–Crippen MR) is 48.6 cm³/mol. The fourth-order valence-corrected chi connectivity index (χ4v) is 1.03. The maximum atomic E-state index is 5.65. The molecule has 66 valence electrons. The van der Waals surface area contributed by atoms with Crippen LogP contribution in [0.1, 0.15) is 37.8 Å². The molecular formula is C9H15N3. The topological polar surface area (TPSA) is 51.8 Å². The highest BCUT2D eigenvalue weighted by molar-refractivity contribution is 5.04. The van der Waals surface area contributed by atoms with Gasteiger partial charge in [-0.1, -0.05) is 13.3 Å². The Bertz CT molecular complexity index is 245. The fourth-order valence-electron chi connectivity index (χ4n) is 1.03. The van der Waals surface area contributed by atoms with E-state index in [1.54, 1.807) is 6.20 Å². The molecule has 0 aliphatic rings. The van der Waals surface area contributed by atoms with E-state index in [0.717, 1.165) is 24.4 Å². The molecule has 0 amide bonds. The first kappa shape index (κ1) is 9.13. The molecule has 0 aliphatic carbocycles. The Labute approximate surface area is 73.0 Å². The maximum absolute atomic E-state index is 5.65. The van der Waals surface area contributed by atoms with Crippen molar-refractivity contribution in [1.29, 1.82) is 0 Å². The molecule has 1 unspecified atom stereocenters. The van der Waals surface area contributed by atoms with Crippen LogP contribution in [-0.2, 0) is 6.42 Å². The molecule has 3 heteroatoms. The van der Waals surface area contributed by atoms with Crippen molar-refractivity contribution in [2.75, 3.05) is 0 Å². The van der Waals surface area contributed by atoms with Gasteiger partial charge in [-0.15, -0.1) is 0 Å². The number of nitrogens with zero attached hydrogens (tertiary/aromatic N) is 2. The molecule has 0 saturated heterocycles.